The summed E-state index contributed by atoms with van der Waals surface area (Å²) in [6.07, 6.45) is 6.19. The Hall–Kier alpha value is -2.30. The smallest absolute Gasteiger partial charge is 0.177 e. The molecule has 0 radical (unpaired) electrons. The van der Waals surface area contributed by atoms with Crippen LogP contribution in [0.2, 0.25) is 0 Å². The molecular formula is C21H20BrN5S. The lowest BCUT2D eigenvalue weighted by Crippen LogP contribution is -2.18. The van der Waals surface area contributed by atoms with Crippen LogP contribution >= 0.6 is 27.7 Å². The molecule has 0 N–H and O–H groups in total. The number of rotatable bonds is 4. The Morgan fingerprint density at radius 3 is 2.82 bits per heavy atom. The Morgan fingerprint density at radius 2 is 2.07 bits per heavy atom. The van der Waals surface area contributed by atoms with Crippen molar-refractivity contribution < 1.29 is 0 Å². The highest BCUT2D eigenvalue weighted by atomic mass is 79.9. The van der Waals surface area contributed by atoms with Gasteiger partial charge < -0.3 is 9.47 Å². The molecule has 0 saturated heterocycles. The highest BCUT2D eigenvalue weighted by Crippen LogP contribution is 2.43. The topological polar surface area (TPSA) is 57.7 Å². The minimum absolute atomic E-state index is 0.580. The van der Waals surface area contributed by atoms with Gasteiger partial charge in [0.25, 0.3) is 0 Å². The van der Waals surface area contributed by atoms with Gasteiger partial charge >= 0.3 is 0 Å². The van der Waals surface area contributed by atoms with Crippen LogP contribution in [0.5, 0.6) is 0 Å². The van der Waals surface area contributed by atoms with Gasteiger partial charge in [-0.3, -0.25) is 0 Å². The predicted octanol–water partition coefficient (Wildman–Crippen LogP) is 5.19. The molecule has 0 saturated carbocycles. The predicted molar refractivity (Wildman–Crippen MR) is 117 cm³/mol. The summed E-state index contributed by atoms with van der Waals surface area (Å²) in [5, 5.41) is 21.8. The lowest BCUT2D eigenvalue weighted by Gasteiger charge is -2.23. The van der Waals surface area contributed by atoms with Gasteiger partial charge in [0.1, 0.15) is 22.5 Å². The van der Waals surface area contributed by atoms with E-state index in [1.807, 2.05) is 18.2 Å². The van der Waals surface area contributed by atoms with Gasteiger partial charge in [-0.05, 0) is 30.5 Å². The minimum Gasteiger partial charge on any atom is -0.330 e. The summed E-state index contributed by atoms with van der Waals surface area (Å²) in [6.45, 7) is 5.40. The van der Waals surface area contributed by atoms with E-state index < -0.39 is 0 Å². The first-order valence-corrected chi connectivity index (χ1v) is 11.0. The average molecular weight is 454 g/mol. The summed E-state index contributed by atoms with van der Waals surface area (Å²) >= 11 is 5.05. The van der Waals surface area contributed by atoms with Gasteiger partial charge in [-0.1, -0.05) is 52.3 Å². The Balaban J connectivity index is 1.77. The standard InChI is InChI=1S/C21H20BrN5S/c1-2-11-26-18(15-7-9-16(22)10-8-15)14-28-21(26)17(13-23)20-25-24-19-6-4-3-5-12-27(19)20/h2,7-10,14H,1,3-6,11-12H2/b21-17-. The van der Waals surface area contributed by atoms with Crippen molar-refractivity contribution in [2.45, 2.75) is 32.2 Å². The second-order valence-electron chi connectivity index (χ2n) is 6.72. The molecule has 7 heteroatoms. The van der Waals surface area contributed by atoms with Crippen LogP contribution in [-0.2, 0) is 13.0 Å². The maximum Gasteiger partial charge on any atom is 0.177 e. The van der Waals surface area contributed by atoms with Crippen LogP contribution in [0.3, 0.4) is 0 Å². The van der Waals surface area contributed by atoms with Gasteiger partial charge in [0.2, 0.25) is 0 Å². The molecule has 0 atom stereocenters. The summed E-state index contributed by atoms with van der Waals surface area (Å²) in [5.74, 6) is 1.67. The van der Waals surface area contributed by atoms with Gasteiger partial charge in [-0.15, -0.1) is 16.8 Å². The fraction of sp³-hybridized carbons (Fsp3) is 0.286. The molecule has 1 aromatic carbocycles. The number of halogens is 1. The fourth-order valence-electron chi connectivity index (χ4n) is 3.56. The third kappa shape index (κ3) is 3.54. The summed E-state index contributed by atoms with van der Waals surface area (Å²) in [7, 11) is 0. The molecule has 0 amide bonds. The Kier molecular flexibility index (Phi) is 5.69. The van der Waals surface area contributed by atoms with Gasteiger partial charge in [-0.25, -0.2) is 0 Å². The molecule has 142 valence electrons. The van der Waals surface area contributed by atoms with E-state index in [2.05, 4.69) is 65.8 Å². The zero-order valence-electron chi connectivity index (χ0n) is 15.4. The normalized spacial score (nSPS) is 18.1. The SMILES string of the molecule is C=CCN1C(c2ccc(Br)cc2)=CS/C1=C(/C#N)c1nnc2n1CCCCC2. The van der Waals surface area contributed by atoms with Gasteiger partial charge in [0.05, 0.1) is 5.70 Å². The molecule has 0 unspecified atom stereocenters. The van der Waals surface area contributed by atoms with Crippen molar-refractivity contribution in [3.63, 3.8) is 0 Å². The van der Waals surface area contributed by atoms with Crippen molar-refractivity contribution in [3.05, 3.63) is 69.0 Å². The van der Waals surface area contributed by atoms with E-state index in [9.17, 15) is 5.26 Å². The molecule has 0 aliphatic carbocycles. The second-order valence-corrected chi connectivity index (χ2v) is 8.49. The molecule has 5 nitrogen and oxygen atoms in total. The minimum atomic E-state index is 0.580. The third-order valence-electron chi connectivity index (χ3n) is 4.93. The average Bonchev–Trinajstić information content (AvgIpc) is 3.21. The first kappa shape index (κ1) is 19.0. The van der Waals surface area contributed by atoms with Gasteiger partial charge in [0, 0.05) is 29.4 Å². The van der Waals surface area contributed by atoms with E-state index in [4.69, 9.17) is 0 Å². The zero-order valence-corrected chi connectivity index (χ0v) is 17.8. The molecule has 2 aliphatic rings. The van der Waals surface area contributed by atoms with Crippen LogP contribution in [0.25, 0.3) is 11.3 Å². The Morgan fingerprint density at radius 1 is 1.25 bits per heavy atom. The molecule has 0 fully saturated rings. The lowest BCUT2D eigenvalue weighted by molar-refractivity contribution is 0.586. The number of nitrogens with zero attached hydrogens (tertiary/aromatic N) is 5. The molecule has 28 heavy (non-hydrogen) atoms. The van der Waals surface area contributed by atoms with Crippen molar-refractivity contribution >= 4 is 39.0 Å². The Bertz CT molecular complexity index is 997. The number of thioether (sulfide) groups is 1. The number of benzene rings is 1. The van der Waals surface area contributed by atoms with Crippen molar-refractivity contribution in [2.75, 3.05) is 6.54 Å². The lowest BCUT2D eigenvalue weighted by atomic mass is 10.1. The summed E-state index contributed by atoms with van der Waals surface area (Å²) < 4.78 is 3.17. The number of aromatic nitrogens is 3. The second kappa shape index (κ2) is 8.38. The molecule has 2 aromatic rings. The third-order valence-corrected chi connectivity index (χ3v) is 6.45. The van der Waals surface area contributed by atoms with E-state index in [0.717, 1.165) is 52.4 Å². The van der Waals surface area contributed by atoms with E-state index in [-0.39, 0.29) is 0 Å². The van der Waals surface area contributed by atoms with Crippen LogP contribution in [0.15, 0.2) is 51.8 Å². The number of hydrogen-bond donors (Lipinski definition) is 0. The molecule has 1 aromatic heterocycles. The molecule has 2 aliphatic heterocycles. The van der Waals surface area contributed by atoms with E-state index in [1.165, 1.54) is 6.42 Å². The fourth-order valence-corrected chi connectivity index (χ4v) is 4.87. The number of fused-ring (bicyclic) bond motifs is 1. The van der Waals surface area contributed by atoms with Crippen LogP contribution in [-0.4, -0.2) is 26.2 Å². The highest BCUT2D eigenvalue weighted by molar-refractivity contribution is 9.10. The largest absolute Gasteiger partial charge is 0.330 e. The molecule has 0 bridgehead atoms. The van der Waals surface area contributed by atoms with Gasteiger partial charge in [0.15, 0.2) is 5.82 Å². The Labute approximate surface area is 177 Å². The van der Waals surface area contributed by atoms with E-state index in [0.29, 0.717) is 17.9 Å². The van der Waals surface area contributed by atoms with E-state index >= 15 is 0 Å². The van der Waals surface area contributed by atoms with Crippen molar-refractivity contribution in [3.8, 4) is 6.07 Å². The first-order valence-electron chi connectivity index (χ1n) is 9.31. The molecule has 0 spiro atoms. The van der Waals surface area contributed by atoms with Crippen molar-refractivity contribution in [1.29, 1.82) is 5.26 Å². The van der Waals surface area contributed by atoms with Crippen LogP contribution in [0.4, 0.5) is 0 Å². The maximum atomic E-state index is 10.0. The quantitative estimate of drug-likeness (QED) is 0.470. The first-order chi connectivity index (χ1) is 13.7. The number of allylic oxidation sites excluding steroid dienone is 1. The zero-order chi connectivity index (χ0) is 19.5. The maximum absolute atomic E-state index is 10.0. The number of nitriles is 1. The molecule has 3 heterocycles. The van der Waals surface area contributed by atoms with E-state index in [1.54, 1.807) is 11.8 Å². The monoisotopic (exact) mass is 453 g/mol. The summed E-state index contributed by atoms with van der Waals surface area (Å²) in [5.41, 5.74) is 2.75. The van der Waals surface area contributed by atoms with Crippen LogP contribution in [0, 0.1) is 11.3 Å². The van der Waals surface area contributed by atoms with Gasteiger partial charge in [-0.2, -0.15) is 5.26 Å². The van der Waals surface area contributed by atoms with Crippen molar-refractivity contribution in [1.82, 2.24) is 19.7 Å². The number of hydrogen-bond acceptors (Lipinski definition) is 5. The highest BCUT2D eigenvalue weighted by Gasteiger charge is 2.28. The van der Waals surface area contributed by atoms with Crippen LogP contribution < -0.4 is 0 Å². The molecule has 4 rings (SSSR count). The summed E-state index contributed by atoms with van der Waals surface area (Å²) in [6, 6.07) is 10.6. The summed E-state index contributed by atoms with van der Waals surface area (Å²) in [4.78, 5) is 2.14. The number of aryl methyl sites for hydroxylation is 1. The van der Waals surface area contributed by atoms with Crippen LogP contribution in [0.1, 0.15) is 36.5 Å². The molecular weight excluding hydrogens is 434 g/mol. The van der Waals surface area contributed by atoms with Crippen molar-refractivity contribution in [2.24, 2.45) is 0 Å².